The normalized spacial score (nSPS) is 15.0. The van der Waals surface area contributed by atoms with Crippen molar-refractivity contribution in [3.05, 3.63) is 126 Å². The van der Waals surface area contributed by atoms with Gasteiger partial charge in [0, 0.05) is 27.5 Å². The molecule has 206 valence electrons. The van der Waals surface area contributed by atoms with Crippen molar-refractivity contribution < 1.29 is 30.0 Å². The van der Waals surface area contributed by atoms with Crippen LogP contribution < -0.4 is 0 Å². The lowest BCUT2D eigenvalue weighted by Crippen LogP contribution is -2.55. The molecule has 0 aliphatic heterocycles. The van der Waals surface area contributed by atoms with E-state index in [0.717, 1.165) is 9.79 Å². The van der Waals surface area contributed by atoms with Crippen LogP contribution in [0.3, 0.4) is 0 Å². The highest BCUT2D eigenvalue weighted by Crippen LogP contribution is 2.35. The molecule has 4 aromatic carbocycles. The molecule has 4 N–H and O–H groups in total. The van der Waals surface area contributed by atoms with Crippen LogP contribution in [-0.2, 0) is 22.4 Å². The Morgan fingerprint density at radius 2 is 1.07 bits per heavy atom. The predicted molar refractivity (Wildman–Crippen MR) is 156 cm³/mol. The summed E-state index contributed by atoms with van der Waals surface area (Å²) in [7, 11) is 0. The van der Waals surface area contributed by atoms with Crippen molar-refractivity contribution in [2.75, 3.05) is 0 Å². The number of aliphatic hydroxyl groups excluding tert-OH is 3. The number of carbonyl (C=O) groups excluding carboxylic acids is 2. The number of rotatable bonds is 13. The molecule has 0 aliphatic carbocycles. The van der Waals surface area contributed by atoms with Gasteiger partial charge in [0.1, 0.15) is 12.2 Å². The summed E-state index contributed by atoms with van der Waals surface area (Å²) in [4.78, 5) is 26.4. The third-order valence-corrected chi connectivity index (χ3v) is 8.45. The molecule has 0 bridgehead atoms. The van der Waals surface area contributed by atoms with Gasteiger partial charge in [-0.3, -0.25) is 9.59 Å². The summed E-state index contributed by atoms with van der Waals surface area (Å²) in [6.07, 6.45) is -5.60. The summed E-state index contributed by atoms with van der Waals surface area (Å²) in [5, 5.41) is 43.7. The average Bonchev–Trinajstić information content (AvgIpc) is 2.98. The van der Waals surface area contributed by atoms with E-state index in [-0.39, 0.29) is 12.8 Å². The highest BCUT2D eigenvalue weighted by molar-refractivity contribution is 8.02. The fraction of sp³-hybridized carbons (Fsp3) is 0.188. The standard InChI is InChI=1S/C32H30O6S2/c33-27(20-23-16-18-25(19-17-23)39-24-12-6-2-7-13-24)29(35)31(37)32(38,40-26-14-8-3-9-15-26)30(36)28(34)21-22-10-4-1-5-11-22/h1-19,27-29,33-35,38H,20-21H2/t27?,28?,29-,32-/m0/s1. The lowest BCUT2D eigenvalue weighted by atomic mass is 9.93. The zero-order valence-electron chi connectivity index (χ0n) is 21.5. The van der Waals surface area contributed by atoms with E-state index in [1.54, 1.807) is 84.6 Å². The summed E-state index contributed by atoms with van der Waals surface area (Å²) < 4.78 is 0. The number of benzene rings is 4. The molecule has 0 fully saturated rings. The molecule has 4 aromatic rings. The minimum absolute atomic E-state index is 0.0873. The first-order valence-corrected chi connectivity index (χ1v) is 14.3. The minimum atomic E-state index is -2.83. The molecule has 0 aromatic heterocycles. The Morgan fingerprint density at radius 3 is 1.65 bits per heavy atom. The number of ketones is 2. The van der Waals surface area contributed by atoms with Crippen molar-refractivity contribution >= 4 is 35.1 Å². The predicted octanol–water partition coefficient (Wildman–Crippen LogP) is 4.32. The van der Waals surface area contributed by atoms with Crippen LogP contribution in [0.1, 0.15) is 11.1 Å². The quantitative estimate of drug-likeness (QED) is 0.106. The molecule has 0 saturated carbocycles. The van der Waals surface area contributed by atoms with Crippen LogP contribution in [0, 0.1) is 0 Å². The van der Waals surface area contributed by atoms with Crippen LogP contribution in [0.2, 0.25) is 0 Å². The third kappa shape index (κ3) is 7.69. The molecule has 4 atom stereocenters. The first-order chi connectivity index (χ1) is 19.3. The molecule has 8 heteroatoms. The lowest BCUT2D eigenvalue weighted by molar-refractivity contribution is -0.154. The zero-order valence-corrected chi connectivity index (χ0v) is 23.2. The SMILES string of the molecule is O=C(C(O)Cc1ccccc1)[C@](O)(Sc1ccccc1)C(=O)[C@@H](O)C(O)Cc1ccc(Sc2ccccc2)cc1. The van der Waals surface area contributed by atoms with E-state index in [4.69, 9.17) is 0 Å². The molecule has 0 heterocycles. The minimum Gasteiger partial charge on any atom is -0.390 e. The third-order valence-electron chi connectivity index (χ3n) is 6.23. The van der Waals surface area contributed by atoms with Crippen LogP contribution in [0.25, 0.3) is 0 Å². The van der Waals surface area contributed by atoms with Crippen molar-refractivity contribution in [1.29, 1.82) is 0 Å². The smallest absolute Gasteiger partial charge is 0.238 e. The van der Waals surface area contributed by atoms with Crippen LogP contribution in [0.4, 0.5) is 0 Å². The molecule has 40 heavy (non-hydrogen) atoms. The van der Waals surface area contributed by atoms with E-state index in [1.165, 1.54) is 0 Å². The van der Waals surface area contributed by atoms with Gasteiger partial charge < -0.3 is 20.4 Å². The van der Waals surface area contributed by atoms with Gasteiger partial charge in [-0.1, -0.05) is 102 Å². The zero-order chi connectivity index (χ0) is 28.5. The molecule has 2 unspecified atom stereocenters. The summed E-state index contributed by atoms with van der Waals surface area (Å²) in [5.74, 6) is -2.45. The van der Waals surface area contributed by atoms with Gasteiger partial charge in [0.2, 0.25) is 16.5 Å². The Bertz CT molecular complexity index is 1380. The molecule has 0 aliphatic rings. The van der Waals surface area contributed by atoms with E-state index in [1.807, 2.05) is 42.5 Å². The number of aliphatic hydroxyl groups is 4. The number of carbonyl (C=O) groups is 2. The summed E-state index contributed by atoms with van der Waals surface area (Å²) >= 11 is 2.10. The van der Waals surface area contributed by atoms with E-state index in [2.05, 4.69) is 0 Å². The molecule has 0 radical (unpaired) electrons. The van der Waals surface area contributed by atoms with Crippen molar-refractivity contribution in [2.45, 2.75) is 50.8 Å². The van der Waals surface area contributed by atoms with Crippen molar-refractivity contribution in [3.8, 4) is 0 Å². The van der Waals surface area contributed by atoms with Gasteiger partial charge in [0.25, 0.3) is 0 Å². The average molecular weight is 575 g/mol. The fourth-order valence-electron chi connectivity index (χ4n) is 4.08. The van der Waals surface area contributed by atoms with E-state index >= 15 is 0 Å². The Hall–Kier alpha value is -3.24. The monoisotopic (exact) mass is 574 g/mol. The second kappa shape index (κ2) is 13.9. The van der Waals surface area contributed by atoms with Crippen molar-refractivity contribution in [3.63, 3.8) is 0 Å². The molecule has 0 saturated heterocycles. The first-order valence-electron chi connectivity index (χ1n) is 12.7. The second-order valence-electron chi connectivity index (χ2n) is 9.27. The first kappa shape index (κ1) is 29.7. The number of hydrogen-bond donors (Lipinski definition) is 4. The topological polar surface area (TPSA) is 115 Å². The van der Waals surface area contributed by atoms with E-state index in [9.17, 15) is 30.0 Å². The van der Waals surface area contributed by atoms with Crippen LogP contribution >= 0.6 is 23.5 Å². The lowest BCUT2D eigenvalue weighted by Gasteiger charge is -2.30. The number of Topliss-reactive ketones (excluding diaryl/α,β-unsaturated/α-hetero) is 2. The maximum absolute atomic E-state index is 13.4. The Labute approximate surface area is 241 Å². The molecule has 6 nitrogen and oxygen atoms in total. The van der Waals surface area contributed by atoms with E-state index in [0.29, 0.717) is 27.8 Å². The highest BCUT2D eigenvalue weighted by Gasteiger charge is 2.51. The number of hydrogen-bond acceptors (Lipinski definition) is 8. The second-order valence-corrected chi connectivity index (χ2v) is 11.7. The Balaban J connectivity index is 1.49. The van der Waals surface area contributed by atoms with Gasteiger partial charge in [-0.25, -0.2) is 0 Å². The molecule has 0 spiro atoms. The maximum Gasteiger partial charge on any atom is 0.238 e. The van der Waals surface area contributed by atoms with E-state index < -0.39 is 34.8 Å². The maximum atomic E-state index is 13.4. The Kier molecular flexibility index (Phi) is 10.3. The van der Waals surface area contributed by atoms with Gasteiger partial charge in [-0.05, 0) is 47.5 Å². The van der Waals surface area contributed by atoms with Crippen molar-refractivity contribution in [2.24, 2.45) is 0 Å². The van der Waals surface area contributed by atoms with Crippen LogP contribution in [0.15, 0.2) is 130 Å². The van der Waals surface area contributed by atoms with Crippen LogP contribution in [0.5, 0.6) is 0 Å². The van der Waals surface area contributed by atoms with Gasteiger partial charge in [0.15, 0.2) is 0 Å². The summed E-state index contributed by atoms with van der Waals surface area (Å²) in [6, 6.07) is 34.1. The van der Waals surface area contributed by atoms with Gasteiger partial charge >= 0.3 is 0 Å². The van der Waals surface area contributed by atoms with Gasteiger partial charge in [-0.2, -0.15) is 0 Å². The van der Waals surface area contributed by atoms with Crippen LogP contribution in [-0.4, -0.2) is 55.2 Å². The molecule has 0 amide bonds. The van der Waals surface area contributed by atoms with Gasteiger partial charge in [-0.15, -0.1) is 0 Å². The summed E-state index contributed by atoms with van der Waals surface area (Å²) in [6.45, 7) is 0. The Morgan fingerprint density at radius 1 is 0.600 bits per heavy atom. The largest absolute Gasteiger partial charge is 0.390 e. The fourth-order valence-corrected chi connectivity index (χ4v) is 6.01. The molecular formula is C32H30O6S2. The van der Waals surface area contributed by atoms with Crippen molar-refractivity contribution in [1.82, 2.24) is 0 Å². The summed E-state index contributed by atoms with van der Waals surface area (Å²) in [5.41, 5.74) is 1.30. The van der Waals surface area contributed by atoms with Gasteiger partial charge in [0.05, 0.1) is 6.10 Å². The molecular weight excluding hydrogens is 544 g/mol. The number of thioether (sulfide) groups is 1. The highest BCUT2D eigenvalue weighted by atomic mass is 32.2. The molecule has 4 rings (SSSR count).